The number of nitrogens with zero attached hydrogens (tertiary/aromatic N) is 1. The first kappa shape index (κ1) is 11.7. The van der Waals surface area contributed by atoms with Crippen LogP contribution in [0.5, 0.6) is 0 Å². The standard InChI is InChI=1S/C13H19ClN2/c1-10-5-2-3-8-16(10)13-11(9-15)6-4-7-12(13)14/h4,6-7,10H,2-3,5,8-9,15H2,1H3. The number of benzene rings is 1. The molecule has 1 unspecified atom stereocenters. The number of rotatable bonds is 2. The summed E-state index contributed by atoms with van der Waals surface area (Å²) in [6.45, 7) is 3.92. The Hall–Kier alpha value is -0.730. The lowest BCUT2D eigenvalue weighted by molar-refractivity contribution is 0.484. The van der Waals surface area contributed by atoms with Crippen LogP contribution in [0.25, 0.3) is 0 Å². The lowest BCUT2D eigenvalue weighted by atomic mass is 10.0. The van der Waals surface area contributed by atoms with Gasteiger partial charge in [0.15, 0.2) is 0 Å². The average Bonchev–Trinajstić information content (AvgIpc) is 2.30. The predicted octanol–water partition coefficient (Wildman–Crippen LogP) is 3.18. The van der Waals surface area contributed by atoms with Crippen LogP contribution < -0.4 is 10.6 Å². The lowest BCUT2D eigenvalue weighted by Crippen LogP contribution is -2.38. The van der Waals surface area contributed by atoms with Gasteiger partial charge in [-0.05, 0) is 37.8 Å². The highest BCUT2D eigenvalue weighted by molar-refractivity contribution is 6.33. The van der Waals surface area contributed by atoms with Gasteiger partial charge < -0.3 is 10.6 Å². The van der Waals surface area contributed by atoms with Crippen molar-refractivity contribution in [2.24, 2.45) is 5.73 Å². The molecule has 1 atom stereocenters. The molecule has 0 saturated carbocycles. The van der Waals surface area contributed by atoms with Gasteiger partial charge in [-0.2, -0.15) is 0 Å². The average molecular weight is 239 g/mol. The molecule has 0 bridgehead atoms. The van der Waals surface area contributed by atoms with Crippen molar-refractivity contribution >= 4 is 17.3 Å². The van der Waals surface area contributed by atoms with Crippen molar-refractivity contribution in [1.29, 1.82) is 0 Å². The Kier molecular flexibility index (Phi) is 3.72. The fourth-order valence-corrected chi connectivity index (χ4v) is 2.78. The first-order valence-electron chi connectivity index (χ1n) is 5.98. The SMILES string of the molecule is CC1CCCCN1c1c(Cl)cccc1CN. The van der Waals surface area contributed by atoms with E-state index in [2.05, 4.69) is 17.9 Å². The second-order valence-corrected chi connectivity index (χ2v) is 4.90. The molecule has 0 radical (unpaired) electrons. The van der Waals surface area contributed by atoms with Gasteiger partial charge in [-0.1, -0.05) is 23.7 Å². The molecule has 0 spiro atoms. The smallest absolute Gasteiger partial charge is 0.0643 e. The number of para-hydroxylation sites is 1. The first-order chi connectivity index (χ1) is 7.74. The molecular weight excluding hydrogens is 220 g/mol. The Bertz CT molecular complexity index is 365. The van der Waals surface area contributed by atoms with E-state index in [0.29, 0.717) is 12.6 Å². The van der Waals surface area contributed by atoms with E-state index in [0.717, 1.165) is 22.8 Å². The Morgan fingerprint density at radius 2 is 2.25 bits per heavy atom. The summed E-state index contributed by atoms with van der Waals surface area (Å²) < 4.78 is 0. The monoisotopic (exact) mass is 238 g/mol. The zero-order chi connectivity index (χ0) is 11.5. The first-order valence-corrected chi connectivity index (χ1v) is 6.36. The highest BCUT2D eigenvalue weighted by atomic mass is 35.5. The van der Waals surface area contributed by atoms with Crippen molar-refractivity contribution in [3.8, 4) is 0 Å². The van der Waals surface area contributed by atoms with Gasteiger partial charge in [0.25, 0.3) is 0 Å². The second-order valence-electron chi connectivity index (χ2n) is 4.49. The van der Waals surface area contributed by atoms with E-state index >= 15 is 0 Å². The van der Waals surface area contributed by atoms with Crippen LogP contribution >= 0.6 is 11.6 Å². The van der Waals surface area contributed by atoms with Gasteiger partial charge in [-0.3, -0.25) is 0 Å². The van der Waals surface area contributed by atoms with Gasteiger partial charge in [0.05, 0.1) is 10.7 Å². The van der Waals surface area contributed by atoms with E-state index in [-0.39, 0.29) is 0 Å². The third-order valence-electron chi connectivity index (χ3n) is 3.38. The van der Waals surface area contributed by atoms with Crippen LogP contribution in [0, 0.1) is 0 Å². The third-order valence-corrected chi connectivity index (χ3v) is 3.69. The minimum absolute atomic E-state index is 0.555. The molecule has 1 aliphatic heterocycles. The number of halogens is 1. The van der Waals surface area contributed by atoms with Gasteiger partial charge >= 0.3 is 0 Å². The van der Waals surface area contributed by atoms with Crippen LogP contribution in [-0.2, 0) is 6.54 Å². The number of nitrogens with two attached hydrogens (primary N) is 1. The molecule has 1 saturated heterocycles. The van der Waals surface area contributed by atoms with Crippen LogP contribution in [0.3, 0.4) is 0 Å². The van der Waals surface area contributed by atoms with E-state index in [1.54, 1.807) is 0 Å². The molecule has 0 aromatic heterocycles. The fourth-order valence-electron chi connectivity index (χ4n) is 2.48. The van der Waals surface area contributed by atoms with Crippen molar-refractivity contribution < 1.29 is 0 Å². The van der Waals surface area contributed by atoms with Gasteiger partial charge in [-0.15, -0.1) is 0 Å². The zero-order valence-corrected chi connectivity index (χ0v) is 10.5. The quantitative estimate of drug-likeness (QED) is 0.858. The predicted molar refractivity (Wildman–Crippen MR) is 70.0 cm³/mol. The molecule has 1 fully saturated rings. The Morgan fingerprint density at radius 3 is 2.94 bits per heavy atom. The van der Waals surface area contributed by atoms with E-state index in [4.69, 9.17) is 17.3 Å². The summed E-state index contributed by atoms with van der Waals surface area (Å²) in [5, 5.41) is 0.830. The van der Waals surface area contributed by atoms with Crippen LogP contribution in [0.15, 0.2) is 18.2 Å². The Morgan fingerprint density at radius 1 is 1.44 bits per heavy atom. The number of piperidine rings is 1. The summed E-state index contributed by atoms with van der Waals surface area (Å²) in [6.07, 6.45) is 3.81. The fraction of sp³-hybridized carbons (Fsp3) is 0.538. The summed E-state index contributed by atoms with van der Waals surface area (Å²) in [5.41, 5.74) is 8.09. The maximum Gasteiger partial charge on any atom is 0.0643 e. The molecular formula is C13H19ClN2. The summed E-state index contributed by atoms with van der Waals surface area (Å²) in [5.74, 6) is 0. The zero-order valence-electron chi connectivity index (χ0n) is 9.75. The maximum atomic E-state index is 6.31. The molecule has 0 amide bonds. The number of hydrogen-bond donors (Lipinski definition) is 1. The summed E-state index contributed by atoms with van der Waals surface area (Å²) >= 11 is 6.31. The third kappa shape index (κ3) is 2.18. The van der Waals surface area contributed by atoms with Crippen LogP contribution in [0.1, 0.15) is 31.7 Å². The normalized spacial score (nSPS) is 21.2. The van der Waals surface area contributed by atoms with Crippen molar-refractivity contribution in [2.75, 3.05) is 11.4 Å². The molecule has 2 rings (SSSR count). The van der Waals surface area contributed by atoms with Gasteiger partial charge in [-0.25, -0.2) is 0 Å². The van der Waals surface area contributed by atoms with Gasteiger partial charge in [0.2, 0.25) is 0 Å². The summed E-state index contributed by atoms with van der Waals surface area (Å²) in [4.78, 5) is 2.41. The number of anilines is 1. The van der Waals surface area contributed by atoms with Crippen molar-refractivity contribution in [2.45, 2.75) is 38.8 Å². The largest absolute Gasteiger partial charge is 0.367 e. The summed E-state index contributed by atoms with van der Waals surface area (Å²) in [7, 11) is 0. The molecule has 2 N–H and O–H groups in total. The van der Waals surface area contributed by atoms with Crippen molar-refractivity contribution in [3.05, 3.63) is 28.8 Å². The van der Waals surface area contributed by atoms with Crippen LogP contribution in [0.4, 0.5) is 5.69 Å². The topological polar surface area (TPSA) is 29.3 Å². The van der Waals surface area contributed by atoms with E-state index < -0.39 is 0 Å². The molecule has 2 nitrogen and oxygen atoms in total. The molecule has 88 valence electrons. The maximum absolute atomic E-state index is 6.31. The minimum atomic E-state index is 0.555. The van der Waals surface area contributed by atoms with Gasteiger partial charge in [0.1, 0.15) is 0 Å². The molecule has 1 aromatic carbocycles. The van der Waals surface area contributed by atoms with Crippen molar-refractivity contribution in [3.63, 3.8) is 0 Å². The highest BCUT2D eigenvalue weighted by Gasteiger charge is 2.22. The number of hydrogen-bond acceptors (Lipinski definition) is 2. The Labute approximate surface area is 102 Å². The minimum Gasteiger partial charge on any atom is -0.367 e. The molecule has 1 heterocycles. The van der Waals surface area contributed by atoms with E-state index in [9.17, 15) is 0 Å². The summed E-state index contributed by atoms with van der Waals surface area (Å²) in [6, 6.07) is 6.57. The van der Waals surface area contributed by atoms with Crippen LogP contribution in [-0.4, -0.2) is 12.6 Å². The second kappa shape index (κ2) is 5.07. The van der Waals surface area contributed by atoms with Crippen molar-refractivity contribution in [1.82, 2.24) is 0 Å². The molecule has 3 heteroatoms. The van der Waals surface area contributed by atoms with Gasteiger partial charge in [0, 0.05) is 19.1 Å². The van der Waals surface area contributed by atoms with Crippen LogP contribution in [0.2, 0.25) is 5.02 Å². The molecule has 1 aromatic rings. The van der Waals surface area contributed by atoms with E-state index in [1.165, 1.54) is 19.3 Å². The Balaban J connectivity index is 2.37. The lowest BCUT2D eigenvalue weighted by Gasteiger charge is -2.37. The van der Waals surface area contributed by atoms with E-state index in [1.807, 2.05) is 12.1 Å². The molecule has 0 aliphatic carbocycles. The molecule has 16 heavy (non-hydrogen) atoms. The highest BCUT2D eigenvalue weighted by Crippen LogP contribution is 2.34. The molecule has 1 aliphatic rings.